The molecule has 3 aliphatic rings. The van der Waals surface area contributed by atoms with Crippen LogP contribution < -0.4 is 5.32 Å². The zero-order chi connectivity index (χ0) is 18.6. The van der Waals surface area contributed by atoms with Crippen LogP contribution in [0.5, 0.6) is 0 Å². The summed E-state index contributed by atoms with van der Waals surface area (Å²) in [6, 6.07) is 3.97. The van der Waals surface area contributed by atoms with Crippen LogP contribution in [-0.4, -0.2) is 42.0 Å². The van der Waals surface area contributed by atoms with Gasteiger partial charge in [-0.15, -0.1) is 0 Å². The number of amides is 1. The zero-order valence-electron chi connectivity index (χ0n) is 16.9. The highest BCUT2D eigenvalue weighted by Gasteiger charge is 2.28. The molecular formula is C23H35N3O. The van der Waals surface area contributed by atoms with Crippen LogP contribution in [0.15, 0.2) is 12.1 Å². The molecule has 1 aromatic heterocycles. The molecule has 2 saturated carbocycles. The van der Waals surface area contributed by atoms with Crippen LogP contribution in [0.4, 0.5) is 0 Å². The molecule has 148 valence electrons. The topological polar surface area (TPSA) is 45.2 Å². The first-order valence-electron chi connectivity index (χ1n) is 11.2. The smallest absolute Gasteiger partial charge is 0.253 e. The number of nitrogens with one attached hydrogen (secondary N) is 1. The Hall–Kier alpha value is -1.42. The van der Waals surface area contributed by atoms with Crippen molar-refractivity contribution in [2.45, 2.75) is 70.6 Å². The Labute approximate surface area is 164 Å². The van der Waals surface area contributed by atoms with Crippen LogP contribution >= 0.6 is 0 Å². The van der Waals surface area contributed by atoms with Crippen molar-refractivity contribution in [2.75, 3.05) is 26.2 Å². The first-order valence-corrected chi connectivity index (χ1v) is 11.2. The summed E-state index contributed by atoms with van der Waals surface area (Å²) in [6.45, 7) is 6.45. The molecule has 0 spiro atoms. The molecule has 27 heavy (non-hydrogen) atoms. The molecule has 0 atom stereocenters. The molecule has 0 unspecified atom stereocenters. The fourth-order valence-electron chi connectivity index (χ4n) is 4.86. The van der Waals surface area contributed by atoms with Crippen LogP contribution in [0.1, 0.15) is 85.5 Å². The summed E-state index contributed by atoms with van der Waals surface area (Å²) in [6.07, 6.45) is 11.9. The van der Waals surface area contributed by atoms with Gasteiger partial charge in [-0.1, -0.05) is 19.3 Å². The van der Waals surface area contributed by atoms with Crippen LogP contribution in [0, 0.1) is 18.8 Å². The Kier molecular flexibility index (Phi) is 6.11. The Morgan fingerprint density at radius 1 is 1.04 bits per heavy atom. The number of piperidine rings is 1. The van der Waals surface area contributed by atoms with Gasteiger partial charge < -0.3 is 10.2 Å². The van der Waals surface area contributed by atoms with E-state index in [4.69, 9.17) is 4.98 Å². The third-order valence-corrected chi connectivity index (χ3v) is 6.77. The van der Waals surface area contributed by atoms with Gasteiger partial charge in [-0.25, -0.2) is 0 Å². The standard InChI is InChI=1S/C23H35N3O/c1-17-7-10-21(23(27)24-15-18-8-9-18)22(25-17)20-11-13-26(14-12-20)16-19-5-3-2-4-6-19/h7,10,18-20H,2-6,8-9,11-16H2,1H3,(H,24,27). The lowest BCUT2D eigenvalue weighted by molar-refractivity contribution is 0.0948. The third-order valence-electron chi connectivity index (χ3n) is 6.77. The summed E-state index contributed by atoms with van der Waals surface area (Å²) in [7, 11) is 0. The van der Waals surface area contributed by atoms with E-state index in [1.165, 1.54) is 51.5 Å². The number of pyridine rings is 1. The minimum Gasteiger partial charge on any atom is -0.352 e. The molecule has 4 rings (SSSR count). The fraction of sp³-hybridized carbons (Fsp3) is 0.739. The molecule has 1 saturated heterocycles. The van der Waals surface area contributed by atoms with Crippen molar-refractivity contribution in [1.29, 1.82) is 0 Å². The van der Waals surface area contributed by atoms with Gasteiger partial charge in [0.05, 0.1) is 11.3 Å². The number of likely N-dealkylation sites (tertiary alicyclic amines) is 1. The number of hydrogen-bond donors (Lipinski definition) is 1. The van der Waals surface area contributed by atoms with Gasteiger partial charge in [-0.2, -0.15) is 0 Å². The molecule has 4 nitrogen and oxygen atoms in total. The molecule has 3 fully saturated rings. The molecule has 1 N–H and O–H groups in total. The van der Waals surface area contributed by atoms with Crippen molar-refractivity contribution in [3.05, 3.63) is 29.1 Å². The monoisotopic (exact) mass is 369 g/mol. The van der Waals surface area contributed by atoms with E-state index in [1.807, 2.05) is 19.1 Å². The number of hydrogen-bond acceptors (Lipinski definition) is 3. The molecule has 2 heterocycles. The summed E-state index contributed by atoms with van der Waals surface area (Å²) >= 11 is 0. The Balaban J connectivity index is 1.36. The average Bonchev–Trinajstić information content (AvgIpc) is 3.52. The third kappa shape index (κ3) is 5.10. The van der Waals surface area contributed by atoms with Gasteiger partial charge in [0.15, 0.2) is 0 Å². The van der Waals surface area contributed by atoms with Crippen molar-refractivity contribution in [3.63, 3.8) is 0 Å². The van der Waals surface area contributed by atoms with Gasteiger partial charge in [0, 0.05) is 24.7 Å². The van der Waals surface area contributed by atoms with E-state index >= 15 is 0 Å². The maximum atomic E-state index is 12.7. The molecule has 0 radical (unpaired) electrons. The van der Waals surface area contributed by atoms with Crippen molar-refractivity contribution < 1.29 is 4.79 Å². The van der Waals surface area contributed by atoms with Crippen LogP contribution in [-0.2, 0) is 0 Å². The fourth-order valence-corrected chi connectivity index (χ4v) is 4.86. The van der Waals surface area contributed by atoms with Gasteiger partial charge in [-0.3, -0.25) is 9.78 Å². The SMILES string of the molecule is Cc1ccc(C(=O)NCC2CC2)c(C2CCN(CC3CCCCC3)CC2)n1. The number of aromatic nitrogens is 1. The van der Waals surface area contributed by atoms with Gasteiger partial charge in [0.2, 0.25) is 0 Å². The average molecular weight is 370 g/mol. The molecule has 0 bridgehead atoms. The summed E-state index contributed by atoms with van der Waals surface area (Å²) in [4.78, 5) is 20.2. The molecular weight excluding hydrogens is 334 g/mol. The summed E-state index contributed by atoms with van der Waals surface area (Å²) < 4.78 is 0. The highest BCUT2D eigenvalue weighted by Crippen LogP contribution is 2.32. The van der Waals surface area contributed by atoms with Gasteiger partial charge in [0.1, 0.15) is 0 Å². The van der Waals surface area contributed by atoms with Crippen molar-refractivity contribution in [2.24, 2.45) is 11.8 Å². The minimum atomic E-state index is 0.0778. The molecule has 1 amide bonds. The van der Waals surface area contributed by atoms with E-state index < -0.39 is 0 Å². The molecule has 2 aliphatic carbocycles. The number of carbonyl (C=O) groups excluding carboxylic acids is 1. The van der Waals surface area contributed by atoms with Gasteiger partial charge in [-0.05, 0) is 82.5 Å². The highest BCUT2D eigenvalue weighted by molar-refractivity contribution is 5.95. The number of nitrogens with zero attached hydrogens (tertiary/aromatic N) is 2. The van der Waals surface area contributed by atoms with Crippen LogP contribution in [0.3, 0.4) is 0 Å². The van der Waals surface area contributed by atoms with E-state index in [0.29, 0.717) is 11.8 Å². The zero-order valence-corrected chi connectivity index (χ0v) is 16.9. The molecule has 0 aromatic carbocycles. The number of aryl methyl sites for hydroxylation is 1. The van der Waals surface area contributed by atoms with E-state index in [9.17, 15) is 4.79 Å². The predicted octanol–water partition coefficient (Wildman–Crippen LogP) is 4.29. The Morgan fingerprint density at radius 2 is 1.78 bits per heavy atom. The molecule has 1 aliphatic heterocycles. The summed E-state index contributed by atoms with van der Waals surface area (Å²) in [5.41, 5.74) is 2.88. The minimum absolute atomic E-state index is 0.0778. The second-order valence-corrected chi connectivity index (χ2v) is 9.12. The van der Waals surface area contributed by atoms with Crippen molar-refractivity contribution in [1.82, 2.24) is 15.2 Å². The van der Waals surface area contributed by atoms with E-state index in [2.05, 4.69) is 10.2 Å². The van der Waals surface area contributed by atoms with Crippen molar-refractivity contribution >= 4 is 5.91 Å². The summed E-state index contributed by atoms with van der Waals surface area (Å²) in [5.74, 6) is 2.12. The molecule has 4 heteroatoms. The van der Waals surface area contributed by atoms with Crippen LogP contribution in [0.25, 0.3) is 0 Å². The first-order chi connectivity index (χ1) is 13.2. The number of rotatable bonds is 6. The second kappa shape index (κ2) is 8.72. The van der Waals surface area contributed by atoms with E-state index in [0.717, 1.165) is 55.3 Å². The Bertz CT molecular complexity index is 641. The van der Waals surface area contributed by atoms with Gasteiger partial charge >= 0.3 is 0 Å². The normalized spacial score (nSPS) is 22.7. The first kappa shape index (κ1) is 18.9. The van der Waals surface area contributed by atoms with Crippen LogP contribution in [0.2, 0.25) is 0 Å². The van der Waals surface area contributed by atoms with E-state index in [1.54, 1.807) is 0 Å². The maximum absolute atomic E-state index is 12.7. The number of carbonyl (C=O) groups is 1. The lowest BCUT2D eigenvalue weighted by Crippen LogP contribution is -2.37. The summed E-state index contributed by atoms with van der Waals surface area (Å²) in [5, 5.41) is 3.13. The Morgan fingerprint density at radius 3 is 2.48 bits per heavy atom. The maximum Gasteiger partial charge on any atom is 0.253 e. The van der Waals surface area contributed by atoms with E-state index in [-0.39, 0.29) is 5.91 Å². The quantitative estimate of drug-likeness (QED) is 0.813. The van der Waals surface area contributed by atoms with Crippen molar-refractivity contribution in [3.8, 4) is 0 Å². The largest absolute Gasteiger partial charge is 0.352 e. The van der Waals surface area contributed by atoms with Gasteiger partial charge in [0.25, 0.3) is 5.91 Å². The second-order valence-electron chi connectivity index (χ2n) is 9.12. The lowest BCUT2D eigenvalue weighted by Gasteiger charge is -2.35. The molecule has 1 aromatic rings. The predicted molar refractivity (Wildman–Crippen MR) is 109 cm³/mol. The lowest BCUT2D eigenvalue weighted by atomic mass is 9.86. The highest BCUT2D eigenvalue weighted by atomic mass is 16.1.